The van der Waals surface area contributed by atoms with Crippen molar-refractivity contribution in [3.8, 4) is 0 Å². The van der Waals surface area contributed by atoms with E-state index in [0.29, 0.717) is 24.2 Å². The number of hydrogen-bond donors (Lipinski definition) is 3. The Bertz CT molecular complexity index is 882. The largest absolute Gasteiger partial charge is 0.481 e. The number of benzene rings is 2. The van der Waals surface area contributed by atoms with E-state index in [-0.39, 0.29) is 5.56 Å². The van der Waals surface area contributed by atoms with Gasteiger partial charge in [-0.15, -0.1) is 0 Å². The van der Waals surface area contributed by atoms with Crippen LogP contribution in [-0.4, -0.2) is 22.9 Å². The molecule has 1 fully saturated rings. The summed E-state index contributed by atoms with van der Waals surface area (Å²) in [5, 5.41) is 14.8. The smallest absolute Gasteiger partial charge is 0.307 e. The van der Waals surface area contributed by atoms with Crippen molar-refractivity contribution >= 4 is 29.2 Å². The first kappa shape index (κ1) is 19.5. The molecule has 3 N–H and O–H groups in total. The predicted octanol–water partition coefficient (Wildman–Crippen LogP) is 3.91. The van der Waals surface area contributed by atoms with Gasteiger partial charge in [0.15, 0.2) is 0 Å². The van der Waals surface area contributed by atoms with Gasteiger partial charge < -0.3 is 15.7 Å². The fraction of sp³-hybridized carbons (Fsp3) is 0.286. The summed E-state index contributed by atoms with van der Waals surface area (Å²) < 4.78 is 13.0. The summed E-state index contributed by atoms with van der Waals surface area (Å²) in [7, 11) is 0. The molecule has 28 heavy (non-hydrogen) atoms. The first-order valence-corrected chi connectivity index (χ1v) is 9.15. The molecule has 1 aliphatic carbocycles. The molecule has 6 nitrogen and oxygen atoms in total. The van der Waals surface area contributed by atoms with Gasteiger partial charge in [0.1, 0.15) is 5.82 Å². The number of carbonyl (C=O) groups is 3. The SMILES string of the molecule is O=C(Nc1ccc(F)cc1)c1ccccc1NC(=O)[C@@H]1CCCC[C@@H]1C(=O)O. The van der Waals surface area contributed by atoms with E-state index in [4.69, 9.17) is 0 Å². The summed E-state index contributed by atoms with van der Waals surface area (Å²) in [6, 6.07) is 11.8. The van der Waals surface area contributed by atoms with Crippen LogP contribution in [0.3, 0.4) is 0 Å². The van der Waals surface area contributed by atoms with Crippen LogP contribution in [0, 0.1) is 17.7 Å². The van der Waals surface area contributed by atoms with Gasteiger partial charge in [-0.25, -0.2) is 4.39 Å². The third-order valence-corrected chi connectivity index (χ3v) is 4.95. The van der Waals surface area contributed by atoms with Gasteiger partial charge in [-0.1, -0.05) is 25.0 Å². The van der Waals surface area contributed by atoms with E-state index in [2.05, 4.69) is 10.6 Å². The summed E-state index contributed by atoms with van der Waals surface area (Å²) in [5.41, 5.74) is 0.968. The lowest BCUT2D eigenvalue weighted by Crippen LogP contribution is -2.36. The summed E-state index contributed by atoms with van der Waals surface area (Å²) >= 11 is 0. The van der Waals surface area contributed by atoms with Gasteiger partial charge in [0.05, 0.1) is 23.1 Å². The molecule has 0 unspecified atom stereocenters. The fourth-order valence-corrected chi connectivity index (χ4v) is 3.49. The van der Waals surface area contributed by atoms with E-state index >= 15 is 0 Å². The first-order chi connectivity index (χ1) is 13.5. The maximum absolute atomic E-state index is 13.0. The molecule has 2 aromatic rings. The second-order valence-corrected chi connectivity index (χ2v) is 6.83. The Hall–Kier alpha value is -3.22. The number of halogens is 1. The molecular weight excluding hydrogens is 363 g/mol. The van der Waals surface area contributed by atoms with E-state index in [9.17, 15) is 23.9 Å². The predicted molar refractivity (Wildman–Crippen MR) is 103 cm³/mol. The third kappa shape index (κ3) is 4.54. The first-order valence-electron chi connectivity index (χ1n) is 9.15. The minimum atomic E-state index is -0.970. The summed E-state index contributed by atoms with van der Waals surface area (Å²) in [6.45, 7) is 0. The molecule has 0 radical (unpaired) electrons. The van der Waals surface area contributed by atoms with Crippen molar-refractivity contribution in [1.82, 2.24) is 0 Å². The number of aliphatic carboxylic acids is 1. The van der Waals surface area contributed by atoms with E-state index in [1.165, 1.54) is 24.3 Å². The van der Waals surface area contributed by atoms with Crippen LogP contribution in [0.15, 0.2) is 48.5 Å². The monoisotopic (exact) mass is 384 g/mol. The molecule has 0 aliphatic heterocycles. The maximum atomic E-state index is 13.0. The van der Waals surface area contributed by atoms with E-state index < -0.39 is 35.4 Å². The molecule has 0 heterocycles. The average Bonchev–Trinajstić information content (AvgIpc) is 2.70. The number of nitrogens with one attached hydrogen (secondary N) is 2. The second-order valence-electron chi connectivity index (χ2n) is 6.83. The van der Waals surface area contributed by atoms with Crippen molar-refractivity contribution in [2.75, 3.05) is 10.6 Å². The highest BCUT2D eigenvalue weighted by Crippen LogP contribution is 2.31. The van der Waals surface area contributed by atoms with Crippen molar-refractivity contribution in [1.29, 1.82) is 0 Å². The van der Waals surface area contributed by atoms with Gasteiger partial charge in [0.25, 0.3) is 5.91 Å². The van der Waals surface area contributed by atoms with Gasteiger partial charge >= 0.3 is 5.97 Å². The summed E-state index contributed by atoms with van der Waals surface area (Å²) in [5.74, 6) is -3.57. The fourth-order valence-electron chi connectivity index (χ4n) is 3.49. The van der Waals surface area contributed by atoms with Crippen molar-refractivity contribution in [2.45, 2.75) is 25.7 Å². The van der Waals surface area contributed by atoms with Crippen LogP contribution in [0.4, 0.5) is 15.8 Å². The molecular formula is C21H21FN2O4. The number of carboxylic acid groups (broad SMARTS) is 1. The molecule has 1 saturated carbocycles. The summed E-state index contributed by atoms with van der Waals surface area (Å²) in [6.07, 6.45) is 2.57. The number of rotatable bonds is 5. The Balaban J connectivity index is 1.76. The normalized spacial score (nSPS) is 18.9. The zero-order chi connectivity index (χ0) is 20.1. The molecule has 2 aromatic carbocycles. The lowest BCUT2D eigenvalue weighted by atomic mass is 9.78. The molecule has 3 rings (SSSR count). The quantitative estimate of drug-likeness (QED) is 0.728. The second kappa shape index (κ2) is 8.65. The van der Waals surface area contributed by atoms with Crippen LogP contribution in [0.5, 0.6) is 0 Å². The van der Waals surface area contributed by atoms with Gasteiger partial charge in [-0.05, 0) is 49.2 Å². The number of carboxylic acids is 1. The molecule has 1 aliphatic rings. The van der Waals surface area contributed by atoms with Crippen LogP contribution in [0.2, 0.25) is 0 Å². The van der Waals surface area contributed by atoms with Crippen molar-refractivity contribution in [3.05, 3.63) is 59.9 Å². The van der Waals surface area contributed by atoms with Gasteiger partial charge in [0, 0.05) is 5.69 Å². The molecule has 7 heteroatoms. The highest BCUT2D eigenvalue weighted by Gasteiger charge is 2.36. The van der Waals surface area contributed by atoms with Crippen molar-refractivity contribution in [2.24, 2.45) is 11.8 Å². The highest BCUT2D eigenvalue weighted by atomic mass is 19.1. The number of amides is 2. The lowest BCUT2D eigenvalue weighted by molar-refractivity contribution is -0.147. The highest BCUT2D eigenvalue weighted by molar-refractivity contribution is 6.10. The van der Waals surface area contributed by atoms with Crippen molar-refractivity contribution < 1.29 is 23.9 Å². The molecule has 146 valence electrons. The standard InChI is InChI=1S/C21H21FN2O4/c22-13-9-11-14(12-10-13)23-20(26)17-7-3-4-8-18(17)24-19(25)15-5-1-2-6-16(15)21(27)28/h3-4,7-12,15-16H,1-2,5-6H2,(H,23,26)(H,24,25)(H,27,28)/t15-,16+/m1/s1. The topological polar surface area (TPSA) is 95.5 Å². The zero-order valence-electron chi connectivity index (χ0n) is 15.2. The molecule has 0 saturated heterocycles. The lowest BCUT2D eigenvalue weighted by Gasteiger charge is -2.27. The van der Waals surface area contributed by atoms with Crippen LogP contribution in [-0.2, 0) is 9.59 Å². The number of carbonyl (C=O) groups excluding carboxylic acids is 2. The van der Waals surface area contributed by atoms with E-state index in [1.807, 2.05) is 0 Å². The molecule has 0 bridgehead atoms. The van der Waals surface area contributed by atoms with E-state index in [1.54, 1.807) is 24.3 Å². The Morgan fingerprint density at radius 3 is 2.21 bits per heavy atom. The maximum Gasteiger partial charge on any atom is 0.307 e. The van der Waals surface area contributed by atoms with Gasteiger partial charge in [-0.3, -0.25) is 14.4 Å². The molecule has 0 spiro atoms. The molecule has 0 aromatic heterocycles. The Labute approximate surface area is 161 Å². The molecule has 2 atom stereocenters. The Morgan fingerprint density at radius 1 is 0.893 bits per heavy atom. The van der Waals surface area contributed by atoms with Crippen LogP contribution in [0.25, 0.3) is 0 Å². The van der Waals surface area contributed by atoms with E-state index in [0.717, 1.165) is 12.8 Å². The molecule has 2 amide bonds. The minimum absolute atomic E-state index is 0.239. The number of anilines is 2. The third-order valence-electron chi connectivity index (χ3n) is 4.95. The van der Waals surface area contributed by atoms with Crippen molar-refractivity contribution in [3.63, 3.8) is 0 Å². The number of hydrogen-bond acceptors (Lipinski definition) is 3. The van der Waals surface area contributed by atoms with Crippen LogP contribution < -0.4 is 10.6 Å². The Kier molecular flexibility index (Phi) is 6.03. The van der Waals surface area contributed by atoms with Gasteiger partial charge in [0.2, 0.25) is 5.91 Å². The Morgan fingerprint density at radius 2 is 1.54 bits per heavy atom. The van der Waals surface area contributed by atoms with Crippen LogP contribution in [0.1, 0.15) is 36.0 Å². The minimum Gasteiger partial charge on any atom is -0.481 e. The average molecular weight is 384 g/mol. The number of para-hydroxylation sites is 1. The zero-order valence-corrected chi connectivity index (χ0v) is 15.2. The summed E-state index contributed by atoms with van der Waals surface area (Å²) in [4.78, 5) is 36.8. The van der Waals surface area contributed by atoms with Gasteiger partial charge in [-0.2, -0.15) is 0 Å². The van der Waals surface area contributed by atoms with Crippen LogP contribution >= 0.6 is 0 Å².